The standard InChI is InChI=1S/C27H19N5O5/c33-26(32-35)16-7-5-15(6-8-16)13-28-31-27(34)21-12-19-18-3-1-2-4-20(18)29-25(19)24(30-21)17-9-10-22-23(11-17)37-14-36-22/h1-13,29,35H,14H2,(H,31,34)(H,32,33)/b28-13+. The lowest BCUT2D eigenvalue weighted by molar-refractivity contribution is 0.0706. The fourth-order valence-electron chi connectivity index (χ4n) is 4.22. The number of H-pyrrole nitrogens is 1. The number of para-hydroxylation sites is 1. The third kappa shape index (κ3) is 4.11. The van der Waals surface area contributed by atoms with E-state index in [2.05, 4.69) is 20.5 Å². The summed E-state index contributed by atoms with van der Waals surface area (Å²) in [7, 11) is 0. The molecule has 37 heavy (non-hydrogen) atoms. The zero-order chi connectivity index (χ0) is 25.4. The van der Waals surface area contributed by atoms with Gasteiger partial charge in [-0.25, -0.2) is 15.9 Å². The van der Waals surface area contributed by atoms with Gasteiger partial charge in [0, 0.05) is 27.4 Å². The van der Waals surface area contributed by atoms with Gasteiger partial charge in [0.2, 0.25) is 6.79 Å². The predicted octanol–water partition coefficient (Wildman–Crippen LogP) is 3.99. The Morgan fingerprint density at radius 1 is 0.946 bits per heavy atom. The third-order valence-corrected chi connectivity index (χ3v) is 6.03. The van der Waals surface area contributed by atoms with Crippen LogP contribution >= 0.6 is 0 Å². The summed E-state index contributed by atoms with van der Waals surface area (Å²) >= 11 is 0. The first kappa shape index (κ1) is 22.3. The van der Waals surface area contributed by atoms with Gasteiger partial charge in [-0.2, -0.15) is 5.10 Å². The lowest BCUT2D eigenvalue weighted by atomic mass is 10.1. The lowest BCUT2D eigenvalue weighted by Gasteiger charge is -2.08. The third-order valence-electron chi connectivity index (χ3n) is 6.03. The highest BCUT2D eigenvalue weighted by Gasteiger charge is 2.20. The molecule has 5 aromatic rings. The summed E-state index contributed by atoms with van der Waals surface area (Å²) in [5.41, 5.74) is 8.31. The van der Waals surface area contributed by atoms with Gasteiger partial charge < -0.3 is 14.5 Å². The minimum atomic E-state index is -0.617. The number of rotatable bonds is 5. The quantitative estimate of drug-likeness (QED) is 0.166. The van der Waals surface area contributed by atoms with Gasteiger partial charge in [0.15, 0.2) is 11.5 Å². The maximum absolute atomic E-state index is 13.1. The van der Waals surface area contributed by atoms with Crippen molar-refractivity contribution in [2.24, 2.45) is 5.10 Å². The van der Waals surface area contributed by atoms with Crippen LogP contribution in [0.5, 0.6) is 11.5 Å². The number of pyridine rings is 1. The number of hydrazone groups is 1. The Morgan fingerprint density at radius 2 is 1.76 bits per heavy atom. The molecule has 3 aromatic carbocycles. The predicted molar refractivity (Wildman–Crippen MR) is 136 cm³/mol. The monoisotopic (exact) mass is 493 g/mol. The van der Waals surface area contributed by atoms with Gasteiger partial charge in [-0.3, -0.25) is 14.8 Å². The molecule has 182 valence electrons. The molecular weight excluding hydrogens is 474 g/mol. The molecule has 0 atom stereocenters. The minimum absolute atomic E-state index is 0.159. The van der Waals surface area contributed by atoms with Gasteiger partial charge in [0.05, 0.1) is 17.4 Å². The van der Waals surface area contributed by atoms with Crippen molar-refractivity contribution >= 4 is 39.8 Å². The second kappa shape index (κ2) is 9.10. The molecule has 1 aliphatic heterocycles. The molecule has 0 saturated carbocycles. The molecule has 2 amide bonds. The second-order valence-electron chi connectivity index (χ2n) is 8.28. The molecular formula is C27H19N5O5. The zero-order valence-electron chi connectivity index (χ0n) is 19.2. The van der Waals surface area contributed by atoms with Gasteiger partial charge in [-0.05, 0) is 48.0 Å². The molecule has 6 rings (SSSR count). The molecule has 0 saturated heterocycles. The summed E-state index contributed by atoms with van der Waals surface area (Å²) in [6.07, 6.45) is 1.45. The van der Waals surface area contributed by atoms with E-state index in [1.807, 2.05) is 42.5 Å². The Hall–Kier alpha value is -5.22. The first-order valence-corrected chi connectivity index (χ1v) is 11.3. The van der Waals surface area contributed by atoms with Crippen LogP contribution in [-0.4, -0.2) is 40.0 Å². The van der Waals surface area contributed by atoms with Crippen LogP contribution in [0, 0.1) is 0 Å². The molecule has 0 radical (unpaired) electrons. The molecule has 0 fully saturated rings. The van der Waals surface area contributed by atoms with Crippen molar-refractivity contribution in [3.05, 3.63) is 89.6 Å². The summed E-state index contributed by atoms with van der Waals surface area (Å²) < 4.78 is 11.0. The van der Waals surface area contributed by atoms with Crippen molar-refractivity contribution in [3.8, 4) is 22.8 Å². The number of aromatic nitrogens is 2. The number of ether oxygens (including phenoxy) is 2. The molecule has 0 aliphatic carbocycles. The first-order valence-electron chi connectivity index (χ1n) is 11.3. The Kier molecular flexibility index (Phi) is 5.47. The van der Waals surface area contributed by atoms with Gasteiger partial charge in [-0.15, -0.1) is 0 Å². The first-order chi connectivity index (χ1) is 18.1. The number of nitrogens with zero attached hydrogens (tertiary/aromatic N) is 2. The average molecular weight is 493 g/mol. The van der Waals surface area contributed by atoms with Crippen molar-refractivity contribution in [2.45, 2.75) is 0 Å². The topological polar surface area (TPSA) is 138 Å². The highest BCUT2D eigenvalue weighted by atomic mass is 16.7. The molecule has 10 nitrogen and oxygen atoms in total. The SMILES string of the molecule is O=C(NO)c1ccc(/C=N/NC(=O)c2cc3c([nH]c4ccccc43)c(-c3ccc4c(c3)OCO4)n2)cc1. The number of nitrogens with one attached hydrogen (secondary N) is 3. The highest BCUT2D eigenvalue weighted by Crippen LogP contribution is 2.38. The molecule has 0 unspecified atom stereocenters. The van der Waals surface area contributed by atoms with Crippen LogP contribution < -0.4 is 20.4 Å². The van der Waals surface area contributed by atoms with Crippen LogP contribution in [-0.2, 0) is 0 Å². The number of hydrogen-bond acceptors (Lipinski definition) is 7. The number of carbonyl (C=O) groups is 2. The normalized spacial score (nSPS) is 12.4. The number of hydrogen-bond donors (Lipinski definition) is 4. The lowest BCUT2D eigenvalue weighted by Crippen LogP contribution is -2.19. The Morgan fingerprint density at radius 3 is 2.59 bits per heavy atom. The summed E-state index contributed by atoms with van der Waals surface area (Å²) in [5, 5.41) is 14.6. The van der Waals surface area contributed by atoms with Crippen LogP contribution in [0.2, 0.25) is 0 Å². The van der Waals surface area contributed by atoms with E-state index in [4.69, 9.17) is 14.7 Å². The second-order valence-corrected chi connectivity index (χ2v) is 8.28. The van der Waals surface area contributed by atoms with E-state index in [0.29, 0.717) is 22.8 Å². The maximum Gasteiger partial charge on any atom is 0.289 e. The fourth-order valence-corrected chi connectivity index (χ4v) is 4.22. The van der Waals surface area contributed by atoms with Crippen molar-refractivity contribution < 1.29 is 24.3 Å². The number of hydroxylamine groups is 1. The van der Waals surface area contributed by atoms with E-state index < -0.39 is 11.8 Å². The van der Waals surface area contributed by atoms with Crippen molar-refractivity contribution in [1.29, 1.82) is 0 Å². The van der Waals surface area contributed by atoms with E-state index in [1.54, 1.807) is 23.7 Å². The Bertz CT molecular complexity index is 1710. The summed E-state index contributed by atoms with van der Waals surface area (Å²) in [5.74, 6) is 0.172. The molecule has 10 heteroatoms. The molecule has 4 N–H and O–H groups in total. The van der Waals surface area contributed by atoms with Crippen LogP contribution in [0.4, 0.5) is 0 Å². The number of carbonyl (C=O) groups excluding carboxylic acids is 2. The van der Waals surface area contributed by atoms with Gasteiger partial charge in [0.1, 0.15) is 5.69 Å². The molecule has 0 bridgehead atoms. The van der Waals surface area contributed by atoms with E-state index in [1.165, 1.54) is 18.3 Å². The van der Waals surface area contributed by atoms with E-state index >= 15 is 0 Å². The van der Waals surface area contributed by atoms with Gasteiger partial charge in [-0.1, -0.05) is 30.3 Å². The number of fused-ring (bicyclic) bond motifs is 4. The smallest absolute Gasteiger partial charge is 0.289 e. The van der Waals surface area contributed by atoms with E-state index in [9.17, 15) is 9.59 Å². The highest BCUT2D eigenvalue weighted by molar-refractivity contribution is 6.13. The number of benzene rings is 3. The van der Waals surface area contributed by atoms with Crippen LogP contribution in [0.3, 0.4) is 0 Å². The van der Waals surface area contributed by atoms with Crippen molar-refractivity contribution in [2.75, 3.05) is 6.79 Å². The summed E-state index contributed by atoms with van der Waals surface area (Å²) in [6.45, 7) is 0.159. The fraction of sp³-hybridized carbons (Fsp3) is 0.0370. The minimum Gasteiger partial charge on any atom is -0.454 e. The van der Waals surface area contributed by atoms with Crippen molar-refractivity contribution in [1.82, 2.24) is 20.9 Å². The van der Waals surface area contributed by atoms with Gasteiger partial charge >= 0.3 is 0 Å². The molecule has 0 spiro atoms. The van der Waals surface area contributed by atoms with E-state index in [-0.39, 0.29) is 18.1 Å². The summed E-state index contributed by atoms with van der Waals surface area (Å²) in [6, 6.07) is 21.4. The van der Waals surface area contributed by atoms with E-state index in [0.717, 1.165) is 27.4 Å². The van der Waals surface area contributed by atoms with Crippen LogP contribution in [0.15, 0.2) is 77.9 Å². The number of aromatic amines is 1. The molecule has 1 aliphatic rings. The maximum atomic E-state index is 13.1. The largest absolute Gasteiger partial charge is 0.454 e. The zero-order valence-corrected chi connectivity index (χ0v) is 19.2. The summed E-state index contributed by atoms with van der Waals surface area (Å²) in [4.78, 5) is 32.6. The van der Waals surface area contributed by atoms with Gasteiger partial charge in [0.25, 0.3) is 11.8 Å². The molecule has 3 heterocycles. The molecule has 2 aromatic heterocycles. The Labute approximate surface area is 209 Å². The van der Waals surface area contributed by atoms with Crippen LogP contribution in [0.25, 0.3) is 33.1 Å². The van der Waals surface area contributed by atoms with Crippen LogP contribution in [0.1, 0.15) is 26.4 Å². The number of amides is 2. The Balaban J connectivity index is 1.35. The van der Waals surface area contributed by atoms with Crippen molar-refractivity contribution in [3.63, 3.8) is 0 Å². The average Bonchev–Trinajstić information content (AvgIpc) is 3.56.